The number of hydrogen-bond acceptors (Lipinski definition) is 5. The van der Waals surface area contributed by atoms with Crippen molar-refractivity contribution < 1.29 is 13.7 Å². The second-order valence-corrected chi connectivity index (χ2v) is 7.27. The molecule has 3 heterocycles. The van der Waals surface area contributed by atoms with Crippen molar-refractivity contribution in [1.82, 2.24) is 15.0 Å². The lowest BCUT2D eigenvalue weighted by atomic mass is 10.2. The smallest absolute Gasteiger partial charge is 0.226 e. The maximum Gasteiger partial charge on any atom is 0.226 e. The van der Waals surface area contributed by atoms with Gasteiger partial charge in [0.05, 0.1) is 6.04 Å². The Bertz CT molecular complexity index is 751. The minimum Gasteiger partial charge on any atom is -0.466 e. The average molecular weight is 343 g/mol. The molecule has 6 nitrogen and oxygen atoms in total. The van der Waals surface area contributed by atoms with E-state index in [1.807, 2.05) is 17.9 Å². The molecule has 6 heteroatoms. The van der Waals surface area contributed by atoms with E-state index >= 15 is 0 Å². The minimum atomic E-state index is -0.0453. The monoisotopic (exact) mass is 343 g/mol. The van der Waals surface area contributed by atoms with Crippen molar-refractivity contribution in [3.8, 4) is 0 Å². The predicted molar refractivity (Wildman–Crippen MR) is 90.9 cm³/mol. The summed E-state index contributed by atoms with van der Waals surface area (Å²) in [5.41, 5.74) is 0. The number of nitrogens with zero attached hydrogens (tertiary/aromatic N) is 3. The van der Waals surface area contributed by atoms with Crippen LogP contribution in [0.3, 0.4) is 0 Å². The number of carbonyl (C=O) groups is 1. The Morgan fingerprint density at radius 1 is 1.40 bits per heavy atom. The molecule has 1 saturated carbocycles. The van der Waals surface area contributed by atoms with E-state index in [-0.39, 0.29) is 11.9 Å². The number of rotatable bonds is 6. The predicted octanol–water partition coefficient (Wildman–Crippen LogP) is 3.64. The van der Waals surface area contributed by atoms with Gasteiger partial charge in [0.2, 0.25) is 11.8 Å². The lowest BCUT2D eigenvalue weighted by molar-refractivity contribution is -0.132. The van der Waals surface area contributed by atoms with E-state index in [0.29, 0.717) is 36.9 Å². The van der Waals surface area contributed by atoms with Crippen molar-refractivity contribution in [1.29, 1.82) is 0 Å². The summed E-state index contributed by atoms with van der Waals surface area (Å²) in [6.07, 6.45) is 4.92. The Morgan fingerprint density at radius 3 is 2.96 bits per heavy atom. The van der Waals surface area contributed by atoms with Gasteiger partial charge in [-0.15, -0.1) is 0 Å². The molecule has 1 amide bonds. The van der Waals surface area contributed by atoms with Crippen LogP contribution in [-0.2, 0) is 17.6 Å². The zero-order valence-electron chi connectivity index (χ0n) is 14.9. The summed E-state index contributed by atoms with van der Waals surface area (Å²) in [5, 5.41) is 4.06. The van der Waals surface area contributed by atoms with E-state index in [4.69, 9.17) is 8.94 Å². The van der Waals surface area contributed by atoms with Crippen LogP contribution in [0.25, 0.3) is 0 Å². The number of aryl methyl sites for hydroxylation is 2. The molecule has 1 aliphatic carbocycles. The largest absolute Gasteiger partial charge is 0.466 e. The van der Waals surface area contributed by atoms with E-state index in [2.05, 4.69) is 23.1 Å². The van der Waals surface area contributed by atoms with Crippen molar-refractivity contribution in [3.05, 3.63) is 35.4 Å². The molecule has 0 N–H and O–H groups in total. The first-order chi connectivity index (χ1) is 12.2. The first kappa shape index (κ1) is 16.4. The maximum absolute atomic E-state index is 12.7. The van der Waals surface area contributed by atoms with Crippen LogP contribution in [0.1, 0.15) is 74.7 Å². The molecule has 0 radical (unpaired) electrons. The molecule has 2 fully saturated rings. The Labute approximate surface area is 147 Å². The third-order valence-electron chi connectivity index (χ3n) is 5.40. The van der Waals surface area contributed by atoms with Gasteiger partial charge in [0.25, 0.3) is 0 Å². The van der Waals surface area contributed by atoms with E-state index in [1.54, 1.807) is 0 Å². The summed E-state index contributed by atoms with van der Waals surface area (Å²) < 4.78 is 11.1. The zero-order valence-corrected chi connectivity index (χ0v) is 14.9. The molecule has 0 aromatic carbocycles. The summed E-state index contributed by atoms with van der Waals surface area (Å²) in [4.78, 5) is 19.0. The number of aromatic nitrogens is 2. The molecule has 0 unspecified atom stereocenters. The number of likely N-dealkylation sites (tertiary alicyclic amines) is 1. The van der Waals surface area contributed by atoms with Crippen molar-refractivity contribution in [2.45, 2.75) is 64.3 Å². The molecule has 0 bridgehead atoms. The minimum absolute atomic E-state index is 0.0453. The highest BCUT2D eigenvalue weighted by Gasteiger charge is 2.37. The SMILES string of the molecule is CCc1nc([C@@H]2CCCN2C(=O)CCc2ccc([C@@H]3C[C@@H]3C)o2)no1. The van der Waals surface area contributed by atoms with Crippen molar-refractivity contribution in [2.75, 3.05) is 6.54 Å². The summed E-state index contributed by atoms with van der Waals surface area (Å²) in [6.45, 7) is 4.99. The molecular weight excluding hydrogens is 318 g/mol. The van der Waals surface area contributed by atoms with Crippen molar-refractivity contribution >= 4 is 5.91 Å². The number of furan rings is 1. The van der Waals surface area contributed by atoms with Gasteiger partial charge in [-0.1, -0.05) is 19.0 Å². The fourth-order valence-corrected chi connectivity index (χ4v) is 3.70. The third-order valence-corrected chi connectivity index (χ3v) is 5.40. The van der Waals surface area contributed by atoms with E-state index in [0.717, 1.165) is 36.8 Å². The normalized spacial score (nSPS) is 25.5. The summed E-state index contributed by atoms with van der Waals surface area (Å²) in [5.74, 6) is 4.71. The van der Waals surface area contributed by atoms with Gasteiger partial charge in [0.15, 0.2) is 5.82 Å². The van der Waals surface area contributed by atoms with Gasteiger partial charge in [-0.25, -0.2) is 0 Å². The third kappa shape index (κ3) is 3.34. The lowest BCUT2D eigenvalue weighted by Gasteiger charge is -2.22. The molecule has 0 spiro atoms. The van der Waals surface area contributed by atoms with Gasteiger partial charge in [0.1, 0.15) is 11.5 Å². The molecule has 1 aliphatic heterocycles. The number of carbonyl (C=O) groups excluding carboxylic acids is 1. The van der Waals surface area contributed by atoms with E-state index in [9.17, 15) is 4.79 Å². The lowest BCUT2D eigenvalue weighted by Crippen LogP contribution is -2.31. The second-order valence-electron chi connectivity index (χ2n) is 7.27. The topological polar surface area (TPSA) is 72.4 Å². The van der Waals surface area contributed by atoms with Gasteiger partial charge in [-0.05, 0) is 37.3 Å². The van der Waals surface area contributed by atoms with Crippen LogP contribution in [0.15, 0.2) is 21.1 Å². The average Bonchev–Trinajstić information content (AvgIpc) is 3.11. The summed E-state index contributed by atoms with van der Waals surface area (Å²) in [7, 11) is 0. The van der Waals surface area contributed by atoms with Gasteiger partial charge < -0.3 is 13.8 Å². The van der Waals surface area contributed by atoms with Gasteiger partial charge in [0, 0.05) is 31.7 Å². The van der Waals surface area contributed by atoms with Crippen LogP contribution < -0.4 is 0 Å². The highest BCUT2D eigenvalue weighted by Crippen LogP contribution is 2.47. The summed E-state index contributed by atoms with van der Waals surface area (Å²) >= 11 is 0. The maximum atomic E-state index is 12.7. The van der Waals surface area contributed by atoms with Crippen LogP contribution in [0, 0.1) is 5.92 Å². The molecule has 25 heavy (non-hydrogen) atoms. The Morgan fingerprint density at radius 2 is 2.24 bits per heavy atom. The first-order valence-corrected chi connectivity index (χ1v) is 9.36. The fraction of sp³-hybridized carbons (Fsp3) is 0.632. The first-order valence-electron chi connectivity index (χ1n) is 9.36. The van der Waals surface area contributed by atoms with Gasteiger partial charge in [-0.2, -0.15) is 4.98 Å². The van der Waals surface area contributed by atoms with Crippen molar-refractivity contribution in [2.24, 2.45) is 5.92 Å². The van der Waals surface area contributed by atoms with Gasteiger partial charge in [-0.3, -0.25) is 4.79 Å². The van der Waals surface area contributed by atoms with Crippen LogP contribution in [0.2, 0.25) is 0 Å². The molecule has 134 valence electrons. The van der Waals surface area contributed by atoms with Crippen LogP contribution in [0.4, 0.5) is 0 Å². The number of hydrogen-bond donors (Lipinski definition) is 0. The van der Waals surface area contributed by atoms with Crippen molar-refractivity contribution in [3.63, 3.8) is 0 Å². The molecule has 2 aromatic heterocycles. The Balaban J connectivity index is 1.36. The van der Waals surface area contributed by atoms with Gasteiger partial charge >= 0.3 is 0 Å². The van der Waals surface area contributed by atoms with E-state index in [1.165, 1.54) is 6.42 Å². The quantitative estimate of drug-likeness (QED) is 0.800. The Hall–Kier alpha value is -2.11. The Kier molecular flexibility index (Phi) is 4.36. The zero-order chi connectivity index (χ0) is 17.4. The summed E-state index contributed by atoms with van der Waals surface area (Å²) in [6, 6.07) is 4.04. The highest BCUT2D eigenvalue weighted by molar-refractivity contribution is 5.77. The highest BCUT2D eigenvalue weighted by atomic mass is 16.5. The van der Waals surface area contributed by atoms with E-state index < -0.39 is 0 Å². The second kappa shape index (κ2) is 6.65. The molecule has 3 atom stereocenters. The van der Waals surface area contributed by atoms with Crippen LogP contribution in [0.5, 0.6) is 0 Å². The molecule has 4 rings (SSSR count). The fourth-order valence-electron chi connectivity index (χ4n) is 3.70. The number of amides is 1. The molecule has 2 aliphatic rings. The van der Waals surface area contributed by atoms with Crippen LogP contribution in [-0.4, -0.2) is 27.5 Å². The molecular formula is C19H25N3O3. The molecule has 2 aromatic rings. The molecule has 1 saturated heterocycles. The van der Waals surface area contributed by atoms with Crippen LogP contribution >= 0.6 is 0 Å². The standard InChI is InChI=1S/C19H25N3O3/c1-3-17-20-19(21-25-17)15-5-4-10-22(15)18(23)9-7-13-6-8-16(24-13)14-11-12(14)2/h6,8,12,14-15H,3-5,7,9-11H2,1-2H3/t12-,14+,15-/m0/s1.